The molecule has 0 aromatic carbocycles. The van der Waals surface area contributed by atoms with Gasteiger partial charge in [-0.3, -0.25) is 14.6 Å². The summed E-state index contributed by atoms with van der Waals surface area (Å²) in [5.74, 6) is -0.0104. The number of aromatic nitrogens is 1. The molecule has 8 nitrogen and oxygen atoms in total. The van der Waals surface area contributed by atoms with Crippen molar-refractivity contribution in [3.05, 3.63) is 16.1 Å². The molecule has 0 aliphatic carbocycles. The fourth-order valence-corrected chi connectivity index (χ4v) is 4.64. The lowest BCUT2D eigenvalue weighted by atomic mass is 10.2. The number of amides is 2. The second kappa shape index (κ2) is 7.50. The van der Waals surface area contributed by atoms with Crippen molar-refractivity contribution in [3.8, 4) is 0 Å². The van der Waals surface area contributed by atoms with Gasteiger partial charge < -0.3 is 14.4 Å². The van der Waals surface area contributed by atoms with Gasteiger partial charge in [0.1, 0.15) is 11.0 Å². The minimum Gasteiger partial charge on any atom is -0.442 e. The average Bonchev–Trinajstić information content (AvgIpc) is 3.31. The van der Waals surface area contributed by atoms with E-state index in [1.54, 1.807) is 15.3 Å². The number of hydrogen-bond donors (Lipinski definition) is 0. The van der Waals surface area contributed by atoms with Crippen LogP contribution in [0.4, 0.5) is 4.79 Å². The molecule has 3 aliphatic heterocycles. The van der Waals surface area contributed by atoms with Crippen LogP contribution >= 0.6 is 11.3 Å². The summed E-state index contributed by atoms with van der Waals surface area (Å²) in [6.07, 6.45) is 0.436. The number of carbonyl (C=O) groups is 2. The van der Waals surface area contributed by atoms with Gasteiger partial charge in [-0.1, -0.05) is 0 Å². The highest BCUT2D eigenvalue weighted by atomic mass is 32.1. The largest absolute Gasteiger partial charge is 0.442 e. The summed E-state index contributed by atoms with van der Waals surface area (Å²) < 4.78 is 10.9. The van der Waals surface area contributed by atoms with Crippen molar-refractivity contribution in [2.24, 2.45) is 0 Å². The van der Waals surface area contributed by atoms with Crippen LogP contribution in [0.2, 0.25) is 0 Å². The molecule has 3 saturated heterocycles. The van der Waals surface area contributed by atoms with Crippen molar-refractivity contribution < 1.29 is 19.1 Å². The van der Waals surface area contributed by atoms with E-state index in [1.165, 1.54) is 11.3 Å². The van der Waals surface area contributed by atoms with Crippen LogP contribution in [0.3, 0.4) is 0 Å². The maximum absolute atomic E-state index is 12.7. The summed E-state index contributed by atoms with van der Waals surface area (Å²) >= 11 is 1.36. The Morgan fingerprint density at radius 2 is 2.12 bits per heavy atom. The van der Waals surface area contributed by atoms with Gasteiger partial charge in [0, 0.05) is 32.7 Å². The first-order valence-corrected chi connectivity index (χ1v) is 9.98. The summed E-state index contributed by atoms with van der Waals surface area (Å²) in [5, 5.41) is 0. The summed E-state index contributed by atoms with van der Waals surface area (Å²) in [4.78, 5) is 35.7. The second-order valence-corrected chi connectivity index (χ2v) is 7.82. The molecule has 2 atom stereocenters. The lowest BCUT2D eigenvalue weighted by Crippen LogP contribution is -2.42. The van der Waals surface area contributed by atoms with Crippen LogP contribution in [0.1, 0.15) is 21.8 Å². The van der Waals surface area contributed by atoms with Crippen molar-refractivity contribution >= 4 is 23.3 Å². The third-order valence-electron chi connectivity index (χ3n) is 5.33. The first-order valence-electron chi connectivity index (χ1n) is 9.10. The van der Waals surface area contributed by atoms with Crippen molar-refractivity contribution in [1.82, 2.24) is 19.7 Å². The fourth-order valence-electron chi connectivity index (χ4n) is 3.87. The van der Waals surface area contributed by atoms with Crippen molar-refractivity contribution in [2.45, 2.75) is 25.5 Å². The number of aryl methyl sites for hydroxylation is 1. The van der Waals surface area contributed by atoms with E-state index in [-0.39, 0.29) is 24.1 Å². The van der Waals surface area contributed by atoms with Gasteiger partial charge in [0.05, 0.1) is 37.0 Å². The molecule has 2 amide bonds. The number of hydrogen-bond acceptors (Lipinski definition) is 7. The molecule has 3 fully saturated rings. The minimum absolute atomic E-state index is 0.0104. The van der Waals surface area contributed by atoms with Crippen LogP contribution in [0, 0.1) is 6.92 Å². The zero-order valence-electron chi connectivity index (χ0n) is 14.9. The molecule has 4 heterocycles. The van der Waals surface area contributed by atoms with Crippen LogP contribution in [-0.4, -0.2) is 96.3 Å². The first kappa shape index (κ1) is 17.7. The molecule has 0 spiro atoms. The molecule has 0 bridgehead atoms. The van der Waals surface area contributed by atoms with Gasteiger partial charge in [0.15, 0.2) is 0 Å². The topological polar surface area (TPSA) is 75.2 Å². The molecule has 142 valence electrons. The Hall–Kier alpha value is -1.71. The molecule has 0 saturated carbocycles. The van der Waals surface area contributed by atoms with Crippen molar-refractivity contribution in [3.63, 3.8) is 0 Å². The fraction of sp³-hybridized carbons (Fsp3) is 0.706. The SMILES string of the molecule is Cc1ncsc1C(=O)N1C[C@@H]2OC(=O)N(CCCN3CCOCC3)[C@@H]2C1. The molecular formula is C17H24N4O4S. The molecule has 1 aromatic rings. The summed E-state index contributed by atoms with van der Waals surface area (Å²) in [6.45, 7) is 7.93. The number of rotatable bonds is 5. The molecule has 4 rings (SSSR count). The normalized spacial score (nSPS) is 26.3. The highest BCUT2D eigenvalue weighted by molar-refractivity contribution is 7.11. The van der Waals surface area contributed by atoms with Crippen LogP contribution in [0.5, 0.6) is 0 Å². The van der Waals surface area contributed by atoms with E-state index in [2.05, 4.69) is 9.88 Å². The number of fused-ring (bicyclic) bond motifs is 1. The molecule has 0 N–H and O–H groups in total. The molecule has 3 aliphatic rings. The van der Waals surface area contributed by atoms with Gasteiger partial charge in [-0.15, -0.1) is 11.3 Å². The molecular weight excluding hydrogens is 356 g/mol. The highest BCUT2D eigenvalue weighted by Gasteiger charge is 2.48. The quantitative estimate of drug-likeness (QED) is 0.753. The molecule has 26 heavy (non-hydrogen) atoms. The van der Waals surface area contributed by atoms with Crippen LogP contribution in [-0.2, 0) is 9.47 Å². The van der Waals surface area contributed by atoms with Crippen LogP contribution < -0.4 is 0 Å². The third-order valence-corrected chi connectivity index (χ3v) is 6.24. The Morgan fingerprint density at radius 3 is 2.85 bits per heavy atom. The van der Waals surface area contributed by atoms with Gasteiger partial charge in [0.2, 0.25) is 0 Å². The maximum atomic E-state index is 12.7. The number of likely N-dealkylation sites (tertiary alicyclic amines) is 1. The Balaban J connectivity index is 1.32. The standard InChI is InChI=1S/C17H24N4O4S/c1-12-15(26-11-18-12)16(22)20-9-13-14(10-20)25-17(23)21(13)4-2-3-19-5-7-24-8-6-19/h11,13-14H,2-10H2,1H3/t13-,14+/m1/s1. The van der Waals surface area contributed by atoms with Gasteiger partial charge in [0.25, 0.3) is 5.91 Å². The smallest absolute Gasteiger partial charge is 0.410 e. The van der Waals surface area contributed by atoms with Gasteiger partial charge in [-0.2, -0.15) is 0 Å². The van der Waals surface area contributed by atoms with E-state index >= 15 is 0 Å². The van der Waals surface area contributed by atoms with Gasteiger partial charge in [-0.05, 0) is 13.3 Å². The first-order chi connectivity index (χ1) is 12.6. The third kappa shape index (κ3) is 3.43. The summed E-state index contributed by atoms with van der Waals surface area (Å²) in [5.41, 5.74) is 2.45. The lowest BCUT2D eigenvalue weighted by molar-refractivity contribution is 0.0362. The predicted molar refractivity (Wildman–Crippen MR) is 95.4 cm³/mol. The zero-order chi connectivity index (χ0) is 18.1. The Kier molecular flexibility index (Phi) is 5.10. The van der Waals surface area contributed by atoms with Crippen LogP contribution in [0.25, 0.3) is 0 Å². The molecule has 0 unspecified atom stereocenters. The number of morpholine rings is 1. The van der Waals surface area contributed by atoms with E-state index in [0.29, 0.717) is 24.5 Å². The number of nitrogens with zero attached hydrogens (tertiary/aromatic N) is 4. The molecule has 0 radical (unpaired) electrons. The molecule has 1 aromatic heterocycles. The van der Waals surface area contributed by atoms with Crippen LogP contribution in [0.15, 0.2) is 5.51 Å². The monoisotopic (exact) mass is 380 g/mol. The number of thiazole rings is 1. The maximum Gasteiger partial charge on any atom is 0.410 e. The Bertz CT molecular complexity index is 675. The van der Waals surface area contributed by atoms with E-state index in [0.717, 1.165) is 45.0 Å². The predicted octanol–water partition coefficient (Wildman–Crippen LogP) is 0.819. The summed E-state index contributed by atoms with van der Waals surface area (Å²) in [6, 6.07) is -0.0376. The molecule has 9 heteroatoms. The second-order valence-electron chi connectivity index (χ2n) is 6.97. The van der Waals surface area contributed by atoms with Gasteiger partial charge in [-0.25, -0.2) is 9.78 Å². The van der Waals surface area contributed by atoms with E-state index in [4.69, 9.17) is 9.47 Å². The number of carbonyl (C=O) groups excluding carboxylic acids is 2. The minimum atomic E-state index is -0.247. The lowest BCUT2D eigenvalue weighted by Gasteiger charge is -2.28. The Labute approximate surface area is 156 Å². The van der Waals surface area contributed by atoms with E-state index < -0.39 is 0 Å². The zero-order valence-corrected chi connectivity index (χ0v) is 15.7. The number of ether oxygens (including phenoxy) is 2. The van der Waals surface area contributed by atoms with Crippen molar-refractivity contribution in [1.29, 1.82) is 0 Å². The van der Waals surface area contributed by atoms with E-state index in [1.807, 2.05) is 6.92 Å². The van der Waals surface area contributed by atoms with Gasteiger partial charge >= 0.3 is 6.09 Å². The van der Waals surface area contributed by atoms with E-state index in [9.17, 15) is 9.59 Å². The summed E-state index contributed by atoms with van der Waals surface area (Å²) in [7, 11) is 0. The highest BCUT2D eigenvalue weighted by Crippen LogP contribution is 2.29. The van der Waals surface area contributed by atoms with Crippen molar-refractivity contribution in [2.75, 3.05) is 52.5 Å². The average molecular weight is 380 g/mol. The Morgan fingerprint density at radius 1 is 1.31 bits per heavy atom.